The number of para-hydroxylation sites is 1. The summed E-state index contributed by atoms with van der Waals surface area (Å²) >= 11 is 6.70. The Balaban J connectivity index is 1.58. The monoisotopic (exact) mass is 507 g/mol. The Morgan fingerprint density at radius 1 is 1.09 bits per heavy atom. The number of hydrogen-bond acceptors (Lipinski definition) is 5. The minimum atomic E-state index is -0.328. The topological polar surface area (TPSA) is 45.6 Å². The number of carbonyl (C=O) groups excluding carboxylic acids is 1. The van der Waals surface area contributed by atoms with Crippen LogP contribution in [-0.4, -0.2) is 32.8 Å². The Kier molecular flexibility index (Phi) is 6.51. The molecule has 0 radical (unpaired) electrons. The Bertz CT molecular complexity index is 1410. The predicted molar refractivity (Wildman–Crippen MR) is 145 cm³/mol. The van der Waals surface area contributed by atoms with Gasteiger partial charge in [-0.3, -0.25) is 14.5 Å². The van der Waals surface area contributed by atoms with Crippen LogP contribution in [0.3, 0.4) is 0 Å². The van der Waals surface area contributed by atoms with Gasteiger partial charge in [-0.1, -0.05) is 61.2 Å². The van der Waals surface area contributed by atoms with E-state index in [9.17, 15) is 14.0 Å². The van der Waals surface area contributed by atoms with Crippen molar-refractivity contribution in [3.8, 4) is 0 Å². The average molecular weight is 508 g/mol. The van der Waals surface area contributed by atoms with Gasteiger partial charge in [0.2, 0.25) is 0 Å². The summed E-state index contributed by atoms with van der Waals surface area (Å²) < 4.78 is 15.4. The molecule has 0 spiro atoms. The van der Waals surface area contributed by atoms with Crippen molar-refractivity contribution in [2.24, 2.45) is 13.0 Å². The van der Waals surface area contributed by atoms with Gasteiger partial charge in [-0.2, -0.15) is 0 Å². The van der Waals surface area contributed by atoms with Gasteiger partial charge in [0.25, 0.3) is 11.5 Å². The molecule has 1 aromatic heterocycles. The van der Waals surface area contributed by atoms with Gasteiger partial charge < -0.3 is 9.47 Å². The number of fused-ring (bicyclic) bond motifs is 1. The molecule has 0 atom stereocenters. The third-order valence-corrected chi connectivity index (χ3v) is 8.19. The number of thiocarbonyl (C=S) groups is 1. The molecule has 2 fully saturated rings. The van der Waals surface area contributed by atoms with Crippen LogP contribution in [0.5, 0.6) is 0 Å². The number of anilines is 1. The van der Waals surface area contributed by atoms with Crippen LogP contribution in [0.15, 0.2) is 58.2 Å². The number of thioether (sulfide) groups is 1. The maximum absolute atomic E-state index is 13.6. The first kappa shape index (κ1) is 23.8. The Morgan fingerprint density at radius 2 is 1.77 bits per heavy atom. The molecule has 0 saturated carbocycles. The molecule has 3 heterocycles. The fourth-order valence-electron chi connectivity index (χ4n) is 4.75. The lowest BCUT2D eigenvalue weighted by Crippen LogP contribution is -2.35. The zero-order chi connectivity index (χ0) is 24.7. The Morgan fingerprint density at radius 3 is 2.49 bits per heavy atom. The highest BCUT2D eigenvalue weighted by atomic mass is 32.2. The maximum Gasteiger partial charge on any atom is 0.266 e. The van der Waals surface area contributed by atoms with E-state index < -0.39 is 0 Å². The lowest BCUT2D eigenvalue weighted by atomic mass is 9.97. The molecule has 3 aromatic rings. The first-order chi connectivity index (χ1) is 16.8. The molecule has 5 nitrogen and oxygen atoms in total. The van der Waals surface area contributed by atoms with E-state index in [1.54, 1.807) is 29.8 Å². The molecule has 0 N–H and O–H groups in total. The molecular formula is C27H26FN3O2S2. The number of pyridine rings is 1. The van der Waals surface area contributed by atoms with Gasteiger partial charge in [0.05, 0.1) is 28.2 Å². The second kappa shape index (κ2) is 9.59. The molecule has 180 valence electrons. The quantitative estimate of drug-likeness (QED) is 0.354. The van der Waals surface area contributed by atoms with E-state index in [2.05, 4.69) is 11.8 Å². The van der Waals surface area contributed by atoms with Crippen LogP contribution in [0.25, 0.3) is 17.0 Å². The minimum Gasteiger partial charge on any atom is -0.370 e. The van der Waals surface area contributed by atoms with E-state index in [1.165, 1.54) is 28.8 Å². The summed E-state index contributed by atoms with van der Waals surface area (Å²) in [7, 11) is 1.77. The average Bonchev–Trinajstić information content (AvgIpc) is 3.12. The van der Waals surface area contributed by atoms with Crippen LogP contribution in [-0.2, 0) is 18.4 Å². The molecule has 35 heavy (non-hydrogen) atoms. The Labute approximate surface area is 213 Å². The lowest BCUT2D eigenvalue weighted by molar-refractivity contribution is -0.122. The van der Waals surface area contributed by atoms with Crippen LogP contribution in [0.1, 0.15) is 30.9 Å². The summed E-state index contributed by atoms with van der Waals surface area (Å²) in [5.74, 6) is 0.0822. The number of piperidine rings is 1. The van der Waals surface area contributed by atoms with Crippen LogP contribution in [0, 0.1) is 11.7 Å². The highest BCUT2D eigenvalue weighted by molar-refractivity contribution is 8.26. The van der Waals surface area contributed by atoms with Crippen molar-refractivity contribution >= 4 is 56.9 Å². The molecule has 2 saturated heterocycles. The standard InChI is InChI=1S/C27H26FN3O2S2/c1-17-11-13-30(14-12-17)24-20-5-3-4-6-22(20)29(2)25(32)21(24)15-23-26(33)31(27(34)35-23)16-18-7-9-19(28)10-8-18/h3-10,15,17H,11-14,16H2,1-2H3. The van der Waals surface area contributed by atoms with Crippen LogP contribution in [0.2, 0.25) is 0 Å². The van der Waals surface area contributed by atoms with Gasteiger partial charge in [-0.15, -0.1) is 0 Å². The smallest absolute Gasteiger partial charge is 0.266 e. The summed E-state index contributed by atoms with van der Waals surface area (Å²) in [6.45, 7) is 4.25. The largest absolute Gasteiger partial charge is 0.370 e. The third kappa shape index (κ3) is 4.52. The van der Waals surface area contributed by atoms with E-state index >= 15 is 0 Å². The number of amides is 1. The van der Waals surface area contributed by atoms with E-state index in [0.29, 0.717) is 20.7 Å². The molecule has 0 aliphatic carbocycles. The molecule has 2 aliphatic rings. The summed E-state index contributed by atoms with van der Waals surface area (Å²) in [5, 5.41) is 0.997. The first-order valence-electron chi connectivity index (χ1n) is 11.7. The number of benzene rings is 2. The van der Waals surface area contributed by atoms with Crippen LogP contribution < -0.4 is 10.5 Å². The minimum absolute atomic E-state index is 0.138. The Hall–Kier alpha value is -2.97. The number of carbonyl (C=O) groups is 1. The lowest BCUT2D eigenvalue weighted by Gasteiger charge is -2.34. The highest BCUT2D eigenvalue weighted by Crippen LogP contribution is 2.37. The molecule has 2 aromatic carbocycles. The van der Waals surface area contributed by atoms with Gasteiger partial charge in [-0.25, -0.2) is 4.39 Å². The second-order valence-corrected chi connectivity index (χ2v) is 10.9. The number of hydrogen-bond donors (Lipinski definition) is 0. The van der Waals surface area contributed by atoms with Crippen molar-refractivity contribution in [1.82, 2.24) is 9.47 Å². The molecule has 8 heteroatoms. The normalized spacial score (nSPS) is 18.3. The number of nitrogens with zero attached hydrogens (tertiary/aromatic N) is 3. The summed E-state index contributed by atoms with van der Waals surface area (Å²) in [4.78, 5) is 31.1. The highest BCUT2D eigenvalue weighted by Gasteiger charge is 2.33. The van der Waals surface area contributed by atoms with Crippen molar-refractivity contribution < 1.29 is 9.18 Å². The van der Waals surface area contributed by atoms with Crippen molar-refractivity contribution in [3.05, 3.63) is 80.7 Å². The molecular weight excluding hydrogens is 481 g/mol. The van der Waals surface area contributed by atoms with E-state index in [-0.39, 0.29) is 23.8 Å². The van der Waals surface area contributed by atoms with Gasteiger partial charge in [-0.05, 0) is 48.6 Å². The molecule has 1 amide bonds. The maximum atomic E-state index is 13.6. The van der Waals surface area contributed by atoms with Crippen LogP contribution in [0.4, 0.5) is 10.1 Å². The number of rotatable bonds is 4. The molecule has 5 rings (SSSR count). The third-order valence-electron chi connectivity index (χ3n) is 6.81. The van der Waals surface area contributed by atoms with E-state index in [4.69, 9.17) is 12.2 Å². The number of aryl methyl sites for hydroxylation is 1. The van der Waals surface area contributed by atoms with Crippen molar-refractivity contribution in [2.75, 3.05) is 18.0 Å². The van der Waals surface area contributed by atoms with Crippen molar-refractivity contribution in [2.45, 2.75) is 26.3 Å². The van der Waals surface area contributed by atoms with E-state index in [1.807, 2.05) is 24.3 Å². The fraction of sp³-hybridized carbons (Fsp3) is 0.296. The molecule has 2 aliphatic heterocycles. The number of aromatic nitrogens is 1. The number of halogens is 1. The SMILES string of the molecule is CC1CCN(c2c(C=C3SC(=S)N(Cc4ccc(F)cc4)C3=O)c(=O)n(C)c3ccccc23)CC1. The van der Waals surface area contributed by atoms with Crippen molar-refractivity contribution in [1.29, 1.82) is 0 Å². The fourth-order valence-corrected chi connectivity index (χ4v) is 5.98. The van der Waals surface area contributed by atoms with Gasteiger partial charge in [0.15, 0.2) is 0 Å². The zero-order valence-corrected chi connectivity index (χ0v) is 21.3. The van der Waals surface area contributed by atoms with Gasteiger partial charge >= 0.3 is 0 Å². The van der Waals surface area contributed by atoms with Crippen LogP contribution >= 0.6 is 24.0 Å². The van der Waals surface area contributed by atoms with E-state index in [0.717, 1.165) is 48.1 Å². The summed E-state index contributed by atoms with van der Waals surface area (Å²) in [6.07, 6.45) is 3.83. The van der Waals surface area contributed by atoms with Gasteiger partial charge in [0, 0.05) is 25.5 Å². The second-order valence-electron chi connectivity index (χ2n) is 9.21. The molecule has 0 bridgehead atoms. The summed E-state index contributed by atoms with van der Waals surface area (Å²) in [6, 6.07) is 13.9. The molecule has 0 unspecified atom stereocenters. The zero-order valence-electron chi connectivity index (χ0n) is 19.7. The summed E-state index contributed by atoms with van der Waals surface area (Å²) in [5.41, 5.74) is 2.92. The van der Waals surface area contributed by atoms with Gasteiger partial charge in [0.1, 0.15) is 10.1 Å². The first-order valence-corrected chi connectivity index (χ1v) is 12.9. The predicted octanol–water partition coefficient (Wildman–Crippen LogP) is 5.32. The van der Waals surface area contributed by atoms with Crippen molar-refractivity contribution in [3.63, 3.8) is 0 Å².